The Morgan fingerprint density at radius 1 is 1.38 bits per heavy atom. The van der Waals surface area contributed by atoms with Gasteiger partial charge in [0.15, 0.2) is 0 Å². The first-order chi connectivity index (χ1) is 10.1. The third-order valence-corrected chi connectivity index (χ3v) is 5.33. The van der Waals surface area contributed by atoms with Gasteiger partial charge in [0.1, 0.15) is 0 Å². The van der Waals surface area contributed by atoms with Crippen LogP contribution >= 0.6 is 22.9 Å². The Labute approximate surface area is 131 Å². The minimum absolute atomic E-state index is 0.106. The standard InChI is InChI=1S/C16H14ClNO2S/c1-9-8-21-15(13(9)17)14(19)11-5-4-10-3-2-6-18-16(20)12(10)7-11/h4-5,7-8H,2-3,6H2,1H3,(H,18,20). The summed E-state index contributed by atoms with van der Waals surface area (Å²) in [6, 6.07) is 5.34. The molecule has 0 saturated carbocycles. The molecule has 3 rings (SSSR count). The fraction of sp³-hybridized carbons (Fsp3) is 0.250. The lowest BCUT2D eigenvalue weighted by molar-refractivity contribution is 0.0956. The van der Waals surface area contributed by atoms with E-state index in [9.17, 15) is 9.59 Å². The molecule has 0 radical (unpaired) electrons. The highest BCUT2D eigenvalue weighted by Gasteiger charge is 2.20. The van der Waals surface area contributed by atoms with Gasteiger partial charge in [-0.2, -0.15) is 0 Å². The second-order valence-corrected chi connectivity index (χ2v) is 6.38. The Morgan fingerprint density at radius 2 is 2.19 bits per heavy atom. The molecule has 1 aromatic heterocycles. The lowest BCUT2D eigenvalue weighted by Gasteiger charge is -2.07. The van der Waals surface area contributed by atoms with E-state index in [1.165, 1.54) is 11.3 Å². The third-order valence-electron chi connectivity index (χ3n) is 3.63. The average molecular weight is 320 g/mol. The van der Waals surface area contributed by atoms with Crippen molar-refractivity contribution in [2.75, 3.05) is 6.54 Å². The van der Waals surface area contributed by atoms with Crippen LogP contribution in [0.4, 0.5) is 0 Å². The van der Waals surface area contributed by atoms with Gasteiger partial charge in [0.05, 0.1) is 9.90 Å². The van der Waals surface area contributed by atoms with Crippen molar-refractivity contribution >= 4 is 34.6 Å². The molecule has 0 bridgehead atoms. The van der Waals surface area contributed by atoms with Gasteiger partial charge in [-0.25, -0.2) is 0 Å². The zero-order valence-electron chi connectivity index (χ0n) is 11.5. The molecule has 5 heteroatoms. The van der Waals surface area contributed by atoms with Crippen LogP contribution in [-0.2, 0) is 6.42 Å². The molecule has 1 amide bonds. The summed E-state index contributed by atoms with van der Waals surface area (Å²) in [5.74, 6) is -0.233. The highest BCUT2D eigenvalue weighted by molar-refractivity contribution is 7.13. The van der Waals surface area contributed by atoms with Crippen LogP contribution in [0.25, 0.3) is 0 Å². The van der Waals surface area contributed by atoms with Gasteiger partial charge in [-0.3, -0.25) is 9.59 Å². The quantitative estimate of drug-likeness (QED) is 0.859. The smallest absolute Gasteiger partial charge is 0.251 e. The Morgan fingerprint density at radius 3 is 2.90 bits per heavy atom. The molecule has 1 aliphatic heterocycles. The van der Waals surface area contributed by atoms with Crippen LogP contribution in [0.15, 0.2) is 23.6 Å². The van der Waals surface area contributed by atoms with Crippen molar-refractivity contribution < 1.29 is 9.59 Å². The maximum Gasteiger partial charge on any atom is 0.251 e. The summed E-state index contributed by atoms with van der Waals surface area (Å²) >= 11 is 7.50. The van der Waals surface area contributed by atoms with Crippen LogP contribution in [0.3, 0.4) is 0 Å². The minimum atomic E-state index is -0.127. The van der Waals surface area contributed by atoms with Gasteiger partial charge in [0, 0.05) is 17.7 Å². The lowest BCUT2D eigenvalue weighted by atomic mass is 9.98. The first kappa shape index (κ1) is 14.3. The summed E-state index contributed by atoms with van der Waals surface area (Å²) < 4.78 is 0. The molecule has 2 aromatic rings. The van der Waals surface area contributed by atoms with Crippen LogP contribution in [0.5, 0.6) is 0 Å². The number of aryl methyl sites for hydroxylation is 2. The first-order valence-corrected chi connectivity index (χ1v) is 8.03. The molecule has 0 saturated heterocycles. The van der Waals surface area contributed by atoms with E-state index >= 15 is 0 Å². The van der Waals surface area contributed by atoms with E-state index in [0.29, 0.717) is 27.6 Å². The van der Waals surface area contributed by atoms with Crippen LogP contribution in [0, 0.1) is 6.92 Å². The number of fused-ring (bicyclic) bond motifs is 1. The number of hydrogen-bond donors (Lipinski definition) is 1. The van der Waals surface area contributed by atoms with Crippen molar-refractivity contribution in [3.05, 3.63) is 55.7 Å². The third kappa shape index (κ3) is 2.61. The molecule has 0 aliphatic carbocycles. The zero-order chi connectivity index (χ0) is 15.0. The number of hydrogen-bond acceptors (Lipinski definition) is 3. The van der Waals surface area contributed by atoms with Gasteiger partial charge >= 0.3 is 0 Å². The summed E-state index contributed by atoms with van der Waals surface area (Å²) in [6.07, 6.45) is 1.77. The maximum absolute atomic E-state index is 12.6. The number of rotatable bonds is 2. The van der Waals surface area contributed by atoms with E-state index in [0.717, 1.165) is 24.0 Å². The Hall–Kier alpha value is -1.65. The second-order valence-electron chi connectivity index (χ2n) is 5.12. The maximum atomic E-state index is 12.6. The summed E-state index contributed by atoms with van der Waals surface area (Å²) in [5, 5.41) is 5.22. The monoisotopic (exact) mass is 319 g/mol. The predicted octanol–water partition coefficient (Wildman–Crippen LogP) is 3.62. The van der Waals surface area contributed by atoms with Gasteiger partial charge < -0.3 is 5.32 Å². The SMILES string of the molecule is Cc1csc(C(=O)c2ccc3c(c2)C(=O)NCCC3)c1Cl. The molecule has 2 heterocycles. The molecule has 3 nitrogen and oxygen atoms in total. The number of benzene rings is 1. The lowest BCUT2D eigenvalue weighted by Crippen LogP contribution is -2.22. The van der Waals surface area contributed by atoms with Crippen molar-refractivity contribution in [1.29, 1.82) is 0 Å². The number of amides is 1. The highest BCUT2D eigenvalue weighted by Crippen LogP contribution is 2.30. The molecule has 1 aromatic carbocycles. The normalized spacial score (nSPS) is 14.3. The number of nitrogens with one attached hydrogen (secondary N) is 1. The molecule has 0 spiro atoms. The summed E-state index contributed by atoms with van der Waals surface area (Å²) in [5.41, 5.74) is 3.00. The van der Waals surface area contributed by atoms with Gasteiger partial charge in [-0.15, -0.1) is 11.3 Å². The van der Waals surface area contributed by atoms with Gasteiger partial charge in [0.2, 0.25) is 5.78 Å². The van der Waals surface area contributed by atoms with Gasteiger partial charge in [0.25, 0.3) is 5.91 Å². The minimum Gasteiger partial charge on any atom is -0.352 e. The Kier molecular flexibility index (Phi) is 3.83. The van der Waals surface area contributed by atoms with Crippen molar-refractivity contribution in [1.82, 2.24) is 5.32 Å². The fourth-order valence-corrected chi connectivity index (χ4v) is 3.68. The van der Waals surface area contributed by atoms with Crippen LogP contribution in [-0.4, -0.2) is 18.2 Å². The summed E-state index contributed by atoms with van der Waals surface area (Å²) in [6.45, 7) is 2.55. The number of thiophene rings is 1. The molecule has 21 heavy (non-hydrogen) atoms. The van der Waals surface area contributed by atoms with E-state index in [2.05, 4.69) is 5.32 Å². The van der Waals surface area contributed by atoms with Crippen LogP contribution in [0.1, 0.15) is 43.1 Å². The molecule has 1 N–H and O–H groups in total. The fourth-order valence-electron chi connectivity index (χ4n) is 2.44. The Bertz CT molecular complexity index is 736. The van der Waals surface area contributed by atoms with Crippen molar-refractivity contribution in [3.63, 3.8) is 0 Å². The predicted molar refractivity (Wildman–Crippen MR) is 84.6 cm³/mol. The highest BCUT2D eigenvalue weighted by atomic mass is 35.5. The van der Waals surface area contributed by atoms with E-state index in [1.54, 1.807) is 12.1 Å². The molecular weight excluding hydrogens is 306 g/mol. The van der Waals surface area contributed by atoms with Crippen LogP contribution < -0.4 is 5.32 Å². The number of carbonyl (C=O) groups is 2. The van der Waals surface area contributed by atoms with Crippen molar-refractivity contribution in [2.24, 2.45) is 0 Å². The van der Waals surface area contributed by atoms with Gasteiger partial charge in [-0.05, 0) is 42.3 Å². The first-order valence-electron chi connectivity index (χ1n) is 6.77. The molecule has 108 valence electrons. The van der Waals surface area contributed by atoms with E-state index < -0.39 is 0 Å². The van der Waals surface area contributed by atoms with E-state index in [-0.39, 0.29) is 11.7 Å². The van der Waals surface area contributed by atoms with Gasteiger partial charge in [-0.1, -0.05) is 23.7 Å². The summed E-state index contributed by atoms with van der Waals surface area (Å²) in [4.78, 5) is 25.1. The largest absolute Gasteiger partial charge is 0.352 e. The Balaban J connectivity index is 2.02. The molecule has 0 atom stereocenters. The van der Waals surface area contributed by atoms with Crippen molar-refractivity contribution in [2.45, 2.75) is 19.8 Å². The molecule has 0 unspecified atom stereocenters. The second kappa shape index (κ2) is 5.62. The van der Waals surface area contributed by atoms with Crippen LogP contribution in [0.2, 0.25) is 5.02 Å². The van der Waals surface area contributed by atoms with E-state index in [4.69, 9.17) is 11.6 Å². The van der Waals surface area contributed by atoms with Crippen molar-refractivity contribution in [3.8, 4) is 0 Å². The molecule has 0 fully saturated rings. The van der Waals surface area contributed by atoms with E-state index in [1.807, 2.05) is 18.4 Å². The number of halogens is 1. The zero-order valence-corrected chi connectivity index (χ0v) is 13.1. The molecule has 1 aliphatic rings. The summed E-state index contributed by atoms with van der Waals surface area (Å²) in [7, 11) is 0. The number of carbonyl (C=O) groups excluding carboxylic acids is 2. The topological polar surface area (TPSA) is 46.2 Å². The average Bonchev–Trinajstić information content (AvgIpc) is 2.71. The molecular formula is C16H14ClNO2S. The number of ketones is 1.